The number of nitrogens with zero attached hydrogens (tertiary/aromatic N) is 3. The van der Waals surface area contributed by atoms with Gasteiger partial charge in [-0.1, -0.05) is 36.4 Å². The first-order valence-corrected chi connectivity index (χ1v) is 8.53. The zero-order chi connectivity index (χ0) is 17.6. The minimum absolute atomic E-state index is 0.323. The monoisotopic (exact) mass is 339 g/mol. The molecule has 0 spiro atoms. The van der Waals surface area contributed by atoms with Gasteiger partial charge in [0.05, 0.1) is 25.0 Å². The molecule has 0 saturated carbocycles. The van der Waals surface area contributed by atoms with Gasteiger partial charge < -0.3 is 14.2 Å². The first-order chi connectivity index (χ1) is 12.1. The number of aryl methyl sites for hydroxylation is 1. The first kappa shape index (κ1) is 17.6. The molecule has 0 saturated heterocycles. The molecule has 0 amide bonds. The van der Waals surface area contributed by atoms with Gasteiger partial charge in [0.1, 0.15) is 5.65 Å². The van der Waals surface area contributed by atoms with E-state index in [1.165, 1.54) is 0 Å². The van der Waals surface area contributed by atoms with Crippen molar-refractivity contribution in [3.05, 3.63) is 71.7 Å². The molecule has 0 fully saturated rings. The molecule has 132 valence electrons. The quantitative estimate of drug-likeness (QED) is 0.685. The lowest BCUT2D eigenvalue weighted by Gasteiger charge is -2.19. The summed E-state index contributed by atoms with van der Waals surface area (Å²) in [6.45, 7) is 4.14. The molecule has 25 heavy (non-hydrogen) atoms. The molecule has 1 aromatic carbocycles. The van der Waals surface area contributed by atoms with Crippen molar-refractivity contribution in [1.82, 2.24) is 14.3 Å². The fourth-order valence-electron chi connectivity index (χ4n) is 2.92. The zero-order valence-electron chi connectivity index (χ0n) is 14.8. The molecular weight excluding hydrogens is 314 g/mol. The highest BCUT2D eigenvalue weighted by atomic mass is 16.5. The minimum Gasteiger partial charge on any atom is -0.389 e. The maximum atomic E-state index is 10.2. The van der Waals surface area contributed by atoms with E-state index in [4.69, 9.17) is 4.74 Å². The Morgan fingerprint density at radius 2 is 1.96 bits per heavy atom. The van der Waals surface area contributed by atoms with Crippen LogP contribution in [-0.2, 0) is 17.9 Å². The van der Waals surface area contributed by atoms with Gasteiger partial charge in [-0.3, -0.25) is 4.90 Å². The predicted octanol–water partition coefficient (Wildman–Crippen LogP) is 2.65. The normalized spacial score (nSPS) is 12.8. The molecule has 0 aliphatic rings. The van der Waals surface area contributed by atoms with E-state index >= 15 is 0 Å². The summed E-state index contributed by atoms with van der Waals surface area (Å²) >= 11 is 0. The molecule has 1 unspecified atom stereocenters. The van der Waals surface area contributed by atoms with Crippen molar-refractivity contribution in [2.24, 2.45) is 0 Å². The molecular formula is C20H25N3O2. The summed E-state index contributed by atoms with van der Waals surface area (Å²) in [4.78, 5) is 6.69. The number of benzene rings is 1. The number of likely N-dealkylation sites (N-methyl/N-ethyl adjacent to an activating group) is 1. The summed E-state index contributed by atoms with van der Waals surface area (Å²) in [5.74, 6) is 0. The van der Waals surface area contributed by atoms with E-state index in [1.54, 1.807) is 0 Å². The summed E-state index contributed by atoms with van der Waals surface area (Å²) < 4.78 is 7.69. The van der Waals surface area contributed by atoms with Crippen LogP contribution < -0.4 is 0 Å². The Balaban J connectivity index is 1.46. The van der Waals surface area contributed by atoms with Gasteiger partial charge in [0.25, 0.3) is 0 Å². The van der Waals surface area contributed by atoms with Crippen molar-refractivity contribution in [2.75, 3.05) is 20.2 Å². The highest BCUT2D eigenvalue weighted by molar-refractivity contribution is 5.41. The first-order valence-electron chi connectivity index (χ1n) is 8.53. The molecule has 0 radical (unpaired) electrons. The van der Waals surface area contributed by atoms with Gasteiger partial charge in [-0.05, 0) is 31.7 Å². The molecule has 1 atom stereocenters. The van der Waals surface area contributed by atoms with Crippen molar-refractivity contribution in [1.29, 1.82) is 0 Å². The number of ether oxygens (including phenoxy) is 1. The number of fused-ring (bicyclic) bond motifs is 1. The van der Waals surface area contributed by atoms with Crippen LogP contribution in [0.3, 0.4) is 0 Å². The van der Waals surface area contributed by atoms with Crippen molar-refractivity contribution in [2.45, 2.75) is 26.2 Å². The number of imidazole rings is 1. The van der Waals surface area contributed by atoms with E-state index in [-0.39, 0.29) is 0 Å². The second kappa shape index (κ2) is 8.25. The lowest BCUT2D eigenvalue weighted by Crippen LogP contribution is -2.32. The molecule has 3 rings (SSSR count). The smallest absolute Gasteiger partial charge is 0.137 e. The Morgan fingerprint density at radius 3 is 2.72 bits per heavy atom. The summed E-state index contributed by atoms with van der Waals surface area (Å²) in [5.41, 5.74) is 4.22. The van der Waals surface area contributed by atoms with E-state index in [9.17, 15) is 5.11 Å². The summed E-state index contributed by atoms with van der Waals surface area (Å²) in [7, 11) is 1.98. The van der Waals surface area contributed by atoms with Crippen LogP contribution in [0.15, 0.2) is 54.7 Å². The van der Waals surface area contributed by atoms with E-state index in [2.05, 4.69) is 33.5 Å². The molecule has 0 aliphatic heterocycles. The van der Waals surface area contributed by atoms with Gasteiger partial charge in [-0.15, -0.1) is 0 Å². The lowest BCUT2D eigenvalue weighted by atomic mass is 10.2. The van der Waals surface area contributed by atoms with Crippen LogP contribution >= 0.6 is 0 Å². The molecule has 2 aromatic heterocycles. The fourth-order valence-corrected chi connectivity index (χ4v) is 2.92. The van der Waals surface area contributed by atoms with Crippen molar-refractivity contribution in [3.63, 3.8) is 0 Å². The summed E-state index contributed by atoms with van der Waals surface area (Å²) in [5, 5.41) is 10.2. The molecule has 0 aliphatic carbocycles. The third-order valence-corrected chi connectivity index (χ3v) is 4.12. The summed E-state index contributed by atoms with van der Waals surface area (Å²) in [6, 6.07) is 16.1. The van der Waals surface area contributed by atoms with Gasteiger partial charge >= 0.3 is 0 Å². The van der Waals surface area contributed by atoms with Gasteiger partial charge in [-0.2, -0.15) is 0 Å². The van der Waals surface area contributed by atoms with Crippen LogP contribution in [0.5, 0.6) is 0 Å². The minimum atomic E-state index is -0.521. The number of aromatic nitrogens is 2. The van der Waals surface area contributed by atoms with Gasteiger partial charge in [0.2, 0.25) is 0 Å². The maximum Gasteiger partial charge on any atom is 0.137 e. The van der Waals surface area contributed by atoms with Gasteiger partial charge in [-0.25, -0.2) is 4.98 Å². The Morgan fingerprint density at radius 1 is 1.16 bits per heavy atom. The van der Waals surface area contributed by atoms with Crippen LogP contribution in [0.4, 0.5) is 0 Å². The SMILES string of the molecule is Cc1cccc2nc(CN(C)CC(O)COCc3ccccc3)cn12. The number of hydrogen-bond acceptors (Lipinski definition) is 4. The average Bonchev–Trinajstić information content (AvgIpc) is 2.99. The molecule has 0 bridgehead atoms. The predicted molar refractivity (Wildman–Crippen MR) is 98.4 cm³/mol. The standard InChI is InChI=1S/C20H25N3O2/c1-16-7-6-10-20-21-18(12-23(16)20)11-22(2)13-19(24)15-25-14-17-8-4-3-5-9-17/h3-10,12,19,24H,11,13-15H2,1-2H3. The number of aliphatic hydroxyl groups excluding tert-OH is 1. The second-order valence-electron chi connectivity index (χ2n) is 6.48. The maximum absolute atomic E-state index is 10.2. The third kappa shape index (κ3) is 4.89. The number of pyridine rings is 1. The van der Waals surface area contributed by atoms with E-state index in [0.717, 1.165) is 22.6 Å². The Labute approximate surface area is 148 Å². The Bertz CT molecular complexity index is 801. The highest BCUT2D eigenvalue weighted by Crippen LogP contribution is 2.10. The van der Waals surface area contributed by atoms with Crippen molar-refractivity contribution < 1.29 is 9.84 Å². The Hall–Kier alpha value is -2.21. The number of rotatable bonds is 8. The van der Waals surface area contributed by atoms with Crippen LogP contribution in [0, 0.1) is 6.92 Å². The van der Waals surface area contributed by atoms with Crippen molar-refractivity contribution >= 4 is 5.65 Å². The Kier molecular flexibility index (Phi) is 5.81. The third-order valence-electron chi connectivity index (χ3n) is 4.12. The average molecular weight is 339 g/mol. The van der Waals surface area contributed by atoms with E-state index in [1.807, 2.05) is 49.5 Å². The highest BCUT2D eigenvalue weighted by Gasteiger charge is 2.11. The molecule has 1 N–H and O–H groups in total. The number of hydrogen-bond donors (Lipinski definition) is 1. The van der Waals surface area contributed by atoms with Gasteiger partial charge in [0.15, 0.2) is 0 Å². The van der Waals surface area contributed by atoms with E-state index in [0.29, 0.717) is 26.3 Å². The molecule has 5 nitrogen and oxygen atoms in total. The van der Waals surface area contributed by atoms with Crippen LogP contribution in [0.2, 0.25) is 0 Å². The molecule has 3 aromatic rings. The van der Waals surface area contributed by atoms with Crippen molar-refractivity contribution in [3.8, 4) is 0 Å². The molecule has 2 heterocycles. The molecule has 5 heteroatoms. The van der Waals surface area contributed by atoms with Crippen LogP contribution in [0.25, 0.3) is 5.65 Å². The van der Waals surface area contributed by atoms with Crippen LogP contribution in [-0.4, -0.2) is 45.7 Å². The van der Waals surface area contributed by atoms with Gasteiger partial charge in [0, 0.05) is 25.0 Å². The topological polar surface area (TPSA) is 50.0 Å². The number of aliphatic hydroxyl groups is 1. The summed E-state index contributed by atoms with van der Waals surface area (Å²) in [6.07, 6.45) is 1.53. The fraction of sp³-hybridized carbons (Fsp3) is 0.350. The largest absolute Gasteiger partial charge is 0.389 e. The zero-order valence-corrected chi connectivity index (χ0v) is 14.8. The van der Waals surface area contributed by atoms with E-state index < -0.39 is 6.10 Å². The second-order valence-corrected chi connectivity index (χ2v) is 6.48. The lowest BCUT2D eigenvalue weighted by molar-refractivity contribution is 0.0126. The van der Waals surface area contributed by atoms with Crippen LogP contribution in [0.1, 0.15) is 17.0 Å².